The molecule has 0 aliphatic carbocycles. The maximum atomic E-state index is 12.0. The summed E-state index contributed by atoms with van der Waals surface area (Å²) >= 11 is 0. The van der Waals surface area contributed by atoms with E-state index in [4.69, 9.17) is 4.74 Å². The third-order valence-corrected chi connectivity index (χ3v) is 3.71. The Balaban J connectivity index is 1.49. The number of ether oxygens (including phenoxy) is 1. The first-order chi connectivity index (χ1) is 11.2. The molecule has 3 rings (SSSR count). The highest BCUT2D eigenvalue weighted by Crippen LogP contribution is 2.07. The summed E-state index contributed by atoms with van der Waals surface area (Å²) in [5.74, 6) is -0.795. The molecule has 1 fully saturated rings. The molecule has 0 bridgehead atoms. The van der Waals surface area contributed by atoms with Crippen LogP contribution in [0.2, 0.25) is 0 Å². The minimum absolute atomic E-state index is 0.212. The van der Waals surface area contributed by atoms with Gasteiger partial charge in [0.25, 0.3) is 5.91 Å². The lowest BCUT2D eigenvalue weighted by Gasteiger charge is -2.06. The van der Waals surface area contributed by atoms with Crippen LogP contribution in [0.15, 0.2) is 36.5 Å². The van der Waals surface area contributed by atoms with Gasteiger partial charge in [-0.25, -0.2) is 4.79 Å². The summed E-state index contributed by atoms with van der Waals surface area (Å²) < 4.78 is 6.45. The summed E-state index contributed by atoms with van der Waals surface area (Å²) in [4.78, 5) is 23.4. The topological polar surface area (TPSA) is 86.1 Å². The van der Waals surface area contributed by atoms with Gasteiger partial charge in [-0.2, -0.15) is 0 Å². The molecule has 1 unspecified atom stereocenters. The van der Waals surface area contributed by atoms with Crippen LogP contribution in [0.4, 0.5) is 0 Å². The van der Waals surface area contributed by atoms with Crippen molar-refractivity contribution in [2.75, 3.05) is 6.61 Å². The average molecular weight is 314 g/mol. The molecule has 120 valence electrons. The third-order valence-electron chi connectivity index (χ3n) is 3.71. The Morgan fingerprint density at radius 1 is 1.35 bits per heavy atom. The molecule has 23 heavy (non-hydrogen) atoms. The summed E-state index contributed by atoms with van der Waals surface area (Å²) in [5, 5.41) is 10.4. The number of amides is 1. The van der Waals surface area contributed by atoms with Crippen molar-refractivity contribution >= 4 is 11.9 Å². The summed E-state index contributed by atoms with van der Waals surface area (Å²) in [6.07, 6.45) is 3.94. The third kappa shape index (κ3) is 3.94. The highest BCUT2D eigenvalue weighted by molar-refractivity contribution is 5.95. The molecule has 1 N–H and O–H groups in total. The Morgan fingerprint density at radius 2 is 2.17 bits per heavy atom. The van der Waals surface area contributed by atoms with E-state index >= 15 is 0 Å². The fraction of sp³-hybridized carbons (Fsp3) is 0.375. The van der Waals surface area contributed by atoms with E-state index in [0.29, 0.717) is 19.6 Å². The number of nitrogens with zero attached hydrogens (tertiary/aromatic N) is 3. The molecule has 1 aliphatic rings. The first-order valence-electron chi connectivity index (χ1n) is 7.64. The van der Waals surface area contributed by atoms with Crippen LogP contribution in [-0.4, -0.2) is 39.5 Å². The number of hydrogen-bond donors (Lipinski definition) is 1. The minimum atomic E-state index is -0.578. The zero-order chi connectivity index (χ0) is 16.1. The monoisotopic (exact) mass is 314 g/mol. The van der Waals surface area contributed by atoms with Gasteiger partial charge < -0.3 is 10.1 Å². The van der Waals surface area contributed by atoms with Crippen LogP contribution in [0.3, 0.4) is 0 Å². The Hall–Kier alpha value is -2.70. The van der Waals surface area contributed by atoms with Crippen molar-refractivity contribution in [1.29, 1.82) is 0 Å². The Bertz CT molecular complexity index is 684. The van der Waals surface area contributed by atoms with Crippen LogP contribution in [-0.2, 0) is 22.5 Å². The highest BCUT2D eigenvalue weighted by atomic mass is 16.5. The van der Waals surface area contributed by atoms with Crippen molar-refractivity contribution in [1.82, 2.24) is 20.3 Å². The summed E-state index contributed by atoms with van der Waals surface area (Å²) in [6.45, 7) is 1.02. The lowest BCUT2D eigenvalue weighted by Crippen LogP contribution is -2.38. The number of aryl methyl sites for hydroxylation is 2. The molecule has 7 heteroatoms. The van der Waals surface area contributed by atoms with E-state index in [1.807, 2.05) is 18.2 Å². The number of esters is 1. The standard InChI is InChI=1S/C16H18N4O3/c21-15(17-13-8-10-23-16(13)22)14-11-20(19-18-14)9-4-7-12-5-2-1-3-6-12/h1-3,5-6,11,13H,4,7-10H2,(H,17,21). The van der Waals surface area contributed by atoms with Crippen molar-refractivity contribution in [3.8, 4) is 0 Å². The number of carbonyl (C=O) groups excluding carboxylic acids is 2. The number of benzene rings is 1. The van der Waals surface area contributed by atoms with Gasteiger partial charge in [-0.15, -0.1) is 5.10 Å². The summed E-state index contributed by atoms with van der Waals surface area (Å²) in [6, 6.07) is 9.61. The number of aromatic nitrogens is 3. The lowest BCUT2D eigenvalue weighted by molar-refractivity contribution is -0.139. The molecular weight excluding hydrogens is 296 g/mol. The van der Waals surface area contributed by atoms with Crippen molar-refractivity contribution < 1.29 is 14.3 Å². The van der Waals surface area contributed by atoms with Gasteiger partial charge in [-0.1, -0.05) is 35.5 Å². The molecule has 1 saturated heterocycles. The number of cyclic esters (lactones) is 1. The Kier molecular flexibility index (Phi) is 4.65. The summed E-state index contributed by atoms with van der Waals surface area (Å²) in [7, 11) is 0. The minimum Gasteiger partial charge on any atom is -0.464 e. The second kappa shape index (κ2) is 7.04. The van der Waals surface area contributed by atoms with Crippen LogP contribution >= 0.6 is 0 Å². The molecule has 1 atom stereocenters. The summed E-state index contributed by atoms with van der Waals surface area (Å²) in [5.41, 5.74) is 1.48. The van der Waals surface area contributed by atoms with Gasteiger partial charge in [-0.05, 0) is 18.4 Å². The highest BCUT2D eigenvalue weighted by Gasteiger charge is 2.28. The maximum absolute atomic E-state index is 12.0. The molecule has 1 aromatic carbocycles. The van der Waals surface area contributed by atoms with Crippen LogP contribution in [0, 0.1) is 0 Å². The van der Waals surface area contributed by atoms with E-state index in [1.54, 1.807) is 10.9 Å². The molecule has 0 spiro atoms. The lowest BCUT2D eigenvalue weighted by atomic mass is 10.1. The quantitative estimate of drug-likeness (QED) is 0.803. The number of carbonyl (C=O) groups is 2. The number of hydrogen-bond acceptors (Lipinski definition) is 5. The molecule has 7 nitrogen and oxygen atoms in total. The molecule has 2 heterocycles. The van der Waals surface area contributed by atoms with Crippen molar-refractivity contribution in [3.05, 3.63) is 47.8 Å². The largest absolute Gasteiger partial charge is 0.464 e. The fourth-order valence-electron chi connectivity index (χ4n) is 2.46. The fourth-order valence-corrected chi connectivity index (χ4v) is 2.46. The number of nitrogens with one attached hydrogen (secondary N) is 1. The van der Waals surface area contributed by atoms with Gasteiger partial charge in [0.15, 0.2) is 5.69 Å². The Labute approximate surface area is 133 Å². The predicted octanol–water partition coefficient (Wildman–Crippen LogP) is 0.956. The molecular formula is C16H18N4O3. The zero-order valence-corrected chi connectivity index (χ0v) is 12.6. The second-order valence-electron chi connectivity index (χ2n) is 5.44. The average Bonchev–Trinajstić information content (AvgIpc) is 3.18. The van der Waals surface area contributed by atoms with Crippen molar-refractivity contribution in [2.24, 2.45) is 0 Å². The molecule has 1 aliphatic heterocycles. The zero-order valence-electron chi connectivity index (χ0n) is 12.6. The van der Waals surface area contributed by atoms with Gasteiger partial charge in [-0.3, -0.25) is 9.48 Å². The first-order valence-corrected chi connectivity index (χ1v) is 7.64. The normalized spacial score (nSPS) is 17.0. The molecule has 1 aromatic heterocycles. The first kappa shape index (κ1) is 15.2. The van der Waals surface area contributed by atoms with Gasteiger partial charge in [0, 0.05) is 13.0 Å². The van der Waals surface area contributed by atoms with Crippen LogP contribution < -0.4 is 5.32 Å². The predicted molar refractivity (Wildman–Crippen MR) is 81.6 cm³/mol. The van der Waals surface area contributed by atoms with Crippen LogP contribution in [0.25, 0.3) is 0 Å². The van der Waals surface area contributed by atoms with Crippen molar-refractivity contribution in [3.63, 3.8) is 0 Å². The smallest absolute Gasteiger partial charge is 0.328 e. The van der Waals surface area contributed by atoms with E-state index in [1.165, 1.54) is 5.56 Å². The van der Waals surface area contributed by atoms with E-state index in [2.05, 4.69) is 27.8 Å². The van der Waals surface area contributed by atoms with Crippen molar-refractivity contribution in [2.45, 2.75) is 31.8 Å². The van der Waals surface area contributed by atoms with Gasteiger partial charge >= 0.3 is 5.97 Å². The maximum Gasteiger partial charge on any atom is 0.328 e. The van der Waals surface area contributed by atoms with Crippen LogP contribution in [0.5, 0.6) is 0 Å². The Morgan fingerprint density at radius 3 is 2.91 bits per heavy atom. The van der Waals surface area contributed by atoms with E-state index in [9.17, 15) is 9.59 Å². The van der Waals surface area contributed by atoms with Gasteiger partial charge in [0.2, 0.25) is 0 Å². The molecule has 1 amide bonds. The SMILES string of the molecule is O=C(NC1CCOC1=O)c1cn(CCCc2ccccc2)nn1. The van der Waals surface area contributed by atoms with Gasteiger partial charge in [0.1, 0.15) is 6.04 Å². The second-order valence-corrected chi connectivity index (χ2v) is 5.44. The van der Waals surface area contributed by atoms with Crippen LogP contribution in [0.1, 0.15) is 28.9 Å². The van der Waals surface area contributed by atoms with E-state index in [0.717, 1.165) is 12.8 Å². The van der Waals surface area contributed by atoms with E-state index < -0.39 is 17.9 Å². The van der Waals surface area contributed by atoms with Gasteiger partial charge in [0.05, 0.1) is 12.8 Å². The molecule has 2 aromatic rings. The number of rotatable bonds is 6. The molecule has 0 saturated carbocycles. The molecule has 0 radical (unpaired) electrons. The van der Waals surface area contributed by atoms with E-state index in [-0.39, 0.29) is 5.69 Å².